The maximum absolute atomic E-state index is 10.5. The van der Waals surface area contributed by atoms with E-state index >= 15 is 0 Å². The first kappa shape index (κ1) is 14.0. The summed E-state index contributed by atoms with van der Waals surface area (Å²) < 4.78 is 1.77. The van der Waals surface area contributed by atoms with E-state index in [1.165, 1.54) is 6.33 Å². The molecule has 0 aliphatic carbocycles. The third kappa shape index (κ3) is 2.62. The van der Waals surface area contributed by atoms with Gasteiger partial charge in [0.1, 0.15) is 12.2 Å². The van der Waals surface area contributed by atoms with Crippen molar-refractivity contribution >= 4 is 22.5 Å². The van der Waals surface area contributed by atoms with Gasteiger partial charge in [0.15, 0.2) is 0 Å². The second-order valence-electron chi connectivity index (χ2n) is 4.75. The zero-order valence-electron chi connectivity index (χ0n) is 11.6. The number of aryl methyl sites for hydroxylation is 1. The Bertz CT molecular complexity index is 771. The van der Waals surface area contributed by atoms with Crippen molar-refractivity contribution in [1.82, 2.24) is 19.7 Å². The maximum Gasteiger partial charge on any atom is 0.138 e. The van der Waals surface area contributed by atoms with Gasteiger partial charge < -0.3 is 5.11 Å². The molecule has 1 unspecified atom stereocenters. The Kier molecular flexibility index (Phi) is 3.86. The van der Waals surface area contributed by atoms with Crippen LogP contribution >= 0.6 is 11.6 Å². The zero-order chi connectivity index (χ0) is 14.8. The molecule has 3 rings (SSSR count). The first-order valence-corrected chi connectivity index (χ1v) is 7.16. The summed E-state index contributed by atoms with van der Waals surface area (Å²) in [6.45, 7) is 2.71. The topological polar surface area (TPSA) is 63.8 Å². The van der Waals surface area contributed by atoms with Crippen LogP contribution in [-0.2, 0) is 13.0 Å². The number of nitrogens with zero attached hydrogens (tertiary/aromatic N) is 4. The molecule has 0 fully saturated rings. The number of aliphatic hydroxyl groups excluding tert-OH is 1. The van der Waals surface area contributed by atoms with Crippen molar-refractivity contribution in [1.29, 1.82) is 0 Å². The van der Waals surface area contributed by atoms with E-state index in [-0.39, 0.29) is 0 Å². The molecule has 1 aromatic carbocycles. The van der Waals surface area contributed by atoms with Crippen molar-refractivity contribution in [3.63, 3.8) is 0 Å². The number of halogens is 1. The summed E-state index contributed by atoms with van der Waals surface area (Å²) in [6, 6.07) is 7.33. The van der Waals surface area contributed by atoms with Gasteiger partial charge in [-0.05, 0) is 25.1 Å². The Balaban J connectivity index is 1.99. The van der Waals surface area contributed by atoms with Gasteiger partial charge in [-0.25, -0.2) is 4.98 Å². The zero-order valence-corrected chi connectivity index (χ0v) is 12.3. The Labute approximate surface area is 127 Å². The Hall–Kier alpha value is -1.98. The van der Waals surface area contributed by atoms with Crippen molar-refractivity contribution < 1.29 is 5.11 Å². The molecule has 0 aliphatic heterocycles. The lowest BCUT2D eigenvalue weighted by atomic mass is 10.0. The second kappa shape index (κ2) is 5.79. The average molecular weight is 303 g/mol. The molecule has 1 N–H and O–H groups in total. The van der Waals surface area contributed by atoms with E-state index in [1.54, 1.807) is 16.9 Å². The molecule has 6 heteroatoms. The van der Waals surface area contributed by atoms with Crippen LogP contribution in [0.1, 0.15) is 24.4 Å². The summed E-state index contributed by atoms with van der Waals surface area (Å²) in [5.41, 5.74) is 1.47. The minimum atomic E-state index is -0.700. The summed E-state index contributed by atoms with van der Waals surface area (Å²) in [6.07, 6.45) is 2.89. The van der Waals surface area contributed by atoms with Crippen LogP contribution in [0.15, 0.2) is 36.8 Å². The second-order valence-corrected chi connectivity index (χ2v) is 5.16. The number of rotatable bonds is 4. The number of pyridine rings is 1. The monoisotopic (exact) mass is 302 g/mol. The number of fused-ring (bicyclic) bond motifs is 1. The molecule has 1 atom stereocenters. The van der Waals surface area contributed by atoms with Gasteiger partial charge >= 0.3 is 0 Å². The number of hydrogen-bond acceptors (Lipinski definition) is 4. The van der Waals surface area contributed by atoms with E-state index in [0.29, 0.717) is 11.4 Å². The van der Waals surface area contributed by atoms with Gasteiger partial charge in [-0.2, -0.15) is 5.10 Å². The van der Waals surface area contributed by atoms with Gasteiger partial charge in [-0.3, -0.25) is 9.67 Å². The molecule has 3 aromatic rings. The summed E-state index contributed by atoms with van der Waals surface area (Å²) in [5.74, 6) is 0.754. The van der Waals surface area contributed by atoms with Gasteiger partial charge in [0.25, 0.3) is 0 Å². The molecule has 0 aliphatic rings. The van der Waals surface area contributed by atoms with Gasteiger partial charge in [0.05, 0.1) is 11.6 Å². The van der Waals surface area contributed by atoms with E-state index in [0.717, 1.165) is 28.8 Å². The standard InChI is InChI=1S/C15H15ClN4O/c1-2-20-14(18-9-19-20)8-13(21)11-5-6-12(16)10-4-3-7-17-15(10)11/h3-7,9,13,21H,2,8H2,1H3. The Morgan fingerprint density at radius 3 is 2.95 bits per heavy atom. The molecule has 5 nitrogen and oxygen atoms in total. The van der Waals surface area contributed by atoms with E-state index < -0.39 is 6.10 Å². The number of aliphatic hydroxyl groups is 1. The first-order valence-electron chi connectivity index (χ1n) is 6.78. The van der Waals surface area contributed by atoms with Crippen LogP contribution in [0.2, 0.25) is 5.02 Å². The van der Waals surface area contributed by atoms with Crippen molar-refractivity contribution in [2.24, 2.45) is 0 Å². The summed E-state index contributed by atoms with van der Waals surface area (Å²) in [4.78, 5) is 8.54. The van der Waals surface area contributed by atoms with Crippen molar-refractivity contribution in [2.45, 2.75) is 26.0 Å². The van der Waals surface area contributed by atoms with E-state index in [2.05, 4.69) is 15.1 Å². The van der Waals surface area contributed by atoms with E-state index in [9.17, 15) is 5.11 Å². The van der Waals surface area contributed by atoms with Gasteiger partial charge in [-0.1, -0.05) is 17.7 Å². The van der Waals surface area contributed by atoms with Crippen molar-refractivity contribution in [2.75, 3.05) is 0 Å². The van der Waals surface area contributed by atoms with Crippen LogP contribution < -0.4 is 0 Å². The smallest absolute Gasteiger partial charge is 0.138 e. The largest absolute Gasteiger partial charge is 0.388 e. The molecule has 21 heavy (non-hydrogen) atoms. The molecule has 2 heterocycles. The molecule has 0 spiro atoms. The first-order chi connectivity index (χ1) is 10.2. The molecule has 0 amide bonds. The SMILES string of the molecule is CCn1ncnc1CC(O)c1ccc(Cl)c2cccnc12. The van der Waals surface area contributed by atoms with Crippen LogP contribution in [0.5, 0.6) is 0 Å². The third-order valence-corrected chi connectivity index (χ3v) is 3.81. The van der Waals surface area contributed by atoms with Gasteiger partial charge in [0, 0.05) is 35.1 Å². The predicted octanol–water partition coefficient (Wildman–Crippen LogP) is 2.78. The predicted molar refractivity (Wildman–Crippen MR) is 81.1 cm³/mol. The highest BCUT2D eigenvalue weighted by Gasteiger charge is 2.17. The lowest BCUT2D eigenvalue weighted by molar-refractivity contribution is 0.175. The molecular formula is C15H15ClN4O. The average Bonchev–Trinajstić information content (AvgIpc) is 2.95. The number of aromatic nitrogens is 4. The Morgan fingerprint density at radius 1 is 1.29 bits per heavy atom. The highest BCUT2D eigenvalue weighted by atomic mass is 35.5. The maximum atomic E-state index is 10.5. The molecule has 0 saturated carbocycles. The fraction of sp³-hybridized carbons (Fsp3) is 0.267. The summed E-state index contributed by atoms with van der Waals surface area (Å²) in [5, 5.41) is 16.1. The lowest BCUT2D eigenvalue weighted by Crippen LogP contribution is -2.10. The van der Waals surface area contributed by atoms with Crippen LogP contribution in [0.25, 0.3) is 10.9 Å². The highest BCUT2D eigenvalue weighted by molar-refractivity contribution is 6.35. The van der Waals surface area contributed by atoms with Crippen LogP contribution in [-0.4, -0.2) is 24.9 Å². The minimum Gasteiger partial charge on any atom is -0.388 e. The van der Waals surface area contributed by atoms with Crippen molar-refractivity contribution in [3.8, 4) is 0 Å². The number of hydrogen-bond donors (Lipinski definition) is 1. The highest BCUT2D eigenvalue weighted by Crippen LogP contribution is 2.29. The van der Waals surface area contributed by atoms with Gasteiger partial charge in [0.2, 0.25) is 0 Å². The molecular weight excluding hydrogens is 288 g/mol. The van der Waals surface area contributed by atoms with Crippen LogP contribution in [0.3, 0.4) is 0 Å². The van der Waals surface area contributed by atoms with E-state index in [4.69, 9.17) is 11.6 Å². The van der Waals surface area contributed by atoms with Crippen LogP contribution in [0, 0.1) is 0 Å². The third-order valence-electron chi connectivity index (χ3n) is 3.48. The van der Waals surface area contributed by atoms with Gasteiger partial charge in [-0.15, -0.1) is 0 Å². The van der Waals surface area contributed by atoms with E-state index in [1.807, 2.05) is 25.1 Å². The Morgan fingerprint density at radius 2 is 2.14 bits per heavy atom. The quantitative estimate of drug-likeness (QED) is 0.805. The molecule has 0 saturated heterocycles. The molecule has 0 radical (unpaired) electrons. The summed E-state index contributed by atoms with van der Waals surface area (Å²) >= 11 is 6.18. The molecule has 2 aromatic heterocycles. The lowest BCUT2D eigenvalue weighted by Gasteiger charge is -2.13. The van der Waals surface area contributed by atoms with Crippen molar-refractivity contribution in [3.05, 3.63) is 53.2 Å². The molecule has 0 bridgehead atoms. The molecule has 108 valence electrons. The minimum absolute atomic E-state index is 0.390. The fourth-order valence-corrected chi connectivity index (χ4v) is 2.64. The summed E-state index contributed by atoms with van der Waals surface area (Å²) in [7, 11) is 0. The normalized spacial score (nSPS) is 12.7. The van der Waals surface area contributed by atoms with Crippen LogP contribution in [0.4, 0.5) is 0 Å². The number of benzene rings is 1. The fourth-order valence-electron chi connectivity index (χ4n) is 2.42.